The molecule has 1 aromatic heterocycles. The Labute approximate surface area is 136 Å². The summed E-state index contributed by atoms with van der Waals surface area (Å²) < 4.78 is 17.0. The van der Waals surface area contributed by atoms with Crippen LogP contribution < -0.4 is 5.32 Å². The average Bonchev–Trinajstić information content (AvgIpc) is 3.12. The van der Waals surface area contributed by atoms with Crippen molar-refractivity contribution < 1.29 is 19.0 Å². The van der Waals surface area contributed by atoms with E-state index in [-0.39, 0.29) is 0 Å². The van der Waals surface area contributed by atoms with Crippen molar-refractivity contribution >= 4 is 6.09 Å². The first kappa shape index (κ1) is 16.3. The molecule has 2 N–H and O–H groups in total. The van der Waals surface area contributed by atoms with Crippen LogP contribution >= 0.6 is 0 Å². The molecule has 1 aliphatic heterocycles. The van der Waals surface area contributed by atoms with Crippen LogP contribution in [0, 0.1) is 0 Å². The highest BCUT2D eigenvalue weighted by atomic mass is 16.7. The van der Waals surface area contributed by atoms with Gasteiger partial charge in [-0.2, -0.15) is 0 Å². The topological polar surface area (TPSA) is 85.5 Å². The summed E-state index contributed by atoms with van der Waals surface area (Å²) in [5.74, 6) is 0.252. The van der Waals surface area contributed by atoms with E-state index < -0.39 is 23.0 Å². The molecule has 2 heterocycles. The molecule has 1 spiro atoms. The van der Waals surface area contributed by atoms with E-state index >= 15 is 0 Å². The maximum atomic E-state index is 12.3. The monoisotopic (exact) mass is 323 g/mol. The minimum absolute atomic E-state index is 0.432. The van der Waals surface area contributed by atoms with Gasteiger partial charge in [0.2, 0.25) is 0 Å². The number of ether oxygens (including phenoxy) is 3. The van der Waals surface area contributed by atoms with Crippen molar-refractivity contribution in [2.45, 2.75) is 63.4 Å². The maximum Gasteiger partial charge on any atom is 0.408 e. The maximum absolute atomic E-state index is 12.3. The molecular weight excluding hydrogens is 298 g/mol. The summed E-state index contributed by atoms with van der Waals surface area (Å²) >= 11 is 0. The molecule has 23 heavy (non-hydrogen) atoms. The Morgan fingerprint density at radius 3 is 2.43 bits per heavy atom. The van der Waals surface area contributed by atoms with Gasteiger partial charge >= 0.3 is 6.09 Å². The van der Waals surface area contributed by atoms with E-state index in [9.17, 15) is 4.79 Å². The molecule has 1 amide bonds. The number of rotatable bonds is 2. The van der Waals surface area contributed by atoms with Crippen LogP contribution in [0.3, 0.4) is 0 Å². The first-order chi connectivity index (χ1) is 10.8. The smallest absolute Gasteiger partial charge is 0.408 e. The predicted octanol–water partition coefficient (Wildman–Crippen LogP) is 2.45. The van der Waals surface area contributed by atoms with E-state index in [2.05, 4.69) is 15.3 Å². The van der Waals surface area contributed by atoms with Gasteiger partial charge in [-0.3, -0.25) is 0 Å². The fourth-order valence-electron chi connectivity index (χ4n) is 3.29. The molecule has 128 valence electrons. The minimum atomic E-state index is -0.577. The molecular formula is C16H25N3O4. The number of aromatic amines is 1. The van der Waals surface area contributed by atoms with Crippen LogP contribution in [-0.2, 0) is 19.7 Å². The standard InChI is InChI=1S/C16H25N3O4/c1-14(2,3)23-13(20)19-15(12-17-8-9-18-12)4-6-16(7-5-15)21-10-11-22-16/h8-9H,4-7,10-11H2,1-3H3,(H,17,18)(H,19,20). The van der Waals surface area contributed by atoms with Crippen LogP contribution in [0.15, 0.2) is 12.4 Å². The van der Waals surface area contributed by atoms with Crippen LogP contribution in [-0.4, -0.2) is 40.7 Å². The average molecular weight is 323 g/mol. The number of aromatic nitrogens is 2. The number of carbonyl (C=O) groups is 1. The Bertz CT molecular complexity index is 534. The van der Waals surface area contributed by atoms with Crippen molar-refractivity contribution in [3.05, 3.63) is 18.2 Å². The molecule has 1 aliphatic carbocycles. The molecule has 0 radical (unpaired) electrons. The zero-order valence-electron chi connectivity index (χ0n) is 14.0. The Morgan fingerprint density at radius 1 is 1.26 bits per heavy atom. The number of nitrogens with zero attached hydrogens (tertiary/aromatic N) is 1. The lowest BCUT2D eigenvalue weighted by Crippen LogP contribution is -2.53. The molecule has 1 saturated heterocycles. The number of hydrogen-bond acceptors (Lipinski definition) is 5. The summed E-state index contributed by atoms with van der Waals surface area (Å²) in [6.45, 7) is 6.81. The summed E-state index contributed by atoms with van der Waals surface area (Å²) in [6, 6.07) is 0. The lowest BCUT2D eigenvalue weighted by Gasteiger charge is -2.43. The Kier molecular flexibility index (Phi) is 4.10. The highest BCUT2D eigenvalue weighted by Crippen LogP contribution is 2.44. The molecule has 1 aromatic rings. The largest absolute Gasteiger partial charge is 0.444 e. The zero-order chi connectivity index (χ0) is 16.6. The van der Waals surface area contributed by atoms with Crippen LogP contribution in [0.2, 0.25) is 0 Å². The third-order valence-corrected chi connectivity index (χ3v) is 4.37. The van der Waals surface area contributed by atoms with Gasteiger partial charge in [-0.05, 0) is 33.6 Å². The first-order valence-corrected chi connectivity index (χ1v) is 8.12. The highest BCUT2D eigenvalue weighted by Gasteiger charge is 2.49. The predicted molar refractivity (Wildman–Crippen MR) is 82.7 cm³/mol. The van der Waals surface area contributed by atoms with Crippen molar-refractivity contribution in [3.63, 3.8) is 0 Å². The summed E-state index contributed by atoms with van der Waals surface area (Å²) in [4.78, 5) is 19.8. The van der Waals surface area contributed by atoms with Gasteiger partial charge in [-0.15, -0.1) is 0 Å². The van der Waals surface area contributed by atoms with Crippen LogP contribution in [0.4, 0.5) is 4.79 Å². The van der Waals surface area contributed by atoms with Gasteiger partial charge in [0.25, 0.3) is 0 Å². The second-order valence-electron chi connectivity index (χ2n) is 7.25. The second-order valence-corrected chi connectivity index (χ2v) is 7.25. The van der Waals surface area contributed by atoms with Crippen molar-refractivity contribution in [2.24, 2.45) is 0 Å². The van der Waals surface area contributed by atoms with E-state index in [1.807, 2.05) is 20.8 Å². The van der Waals surface area contributed by atoms with Crippen LogP contribution in [0.1, 0.15) is 52.3 Å². The summed E-state index contributed by atoms with van der Waals surface area (Å²) in [5, 5.41) is 3.03. The molecule has 7 nitrogen and oxygen atoms in total. The molecule has 0 atom stereocenters. The number of amides is 1. The molecule has 7 heteroatoms. The van der Waals surface area contributed by atoms with E-state index in [1.165, 1.54) is 0 Å². The van der Waals surface area contributed by atoms with Crippen molar-refractivity contribution in [3.8, 4) is 0 Å². The molecule has 0 aromatic carbocycles. The molecule has 0 bridgehead atoms. The number of nitrogens with one attached hydrogen (secondary N) is 2. The fraction of sp³-hybridized carbons (Fsp3) is 0.750. The molecule has 2 fully saturated rings. The Morgan fingerprint density at radius 2 is 1.91 bits per heavy atom. The summed E-state index contributed by atoms with van der Waals surface area (Å²) in [6.07, 6.45) is 5.81. The molecule has 2 aliphatic rings. The fourth-order valence-corrected chi connectivity index (χ4v) is 3.29. The number of carbonyl (C=O) groups excluding carboxylic acids is 1. The van der Waals surface area contributed by atoms with E-state index in [0.29, 0.717) is 38.9 Å². The van der Waals surface area contributed by atoms with Gasteiger partial charge in [-0.25, -0.2) is 9.78 Å². The minimum Gasteiger partial charge on any atom is -0.444 e. The van der Waals surface area contributed by atoms with Crippen LogP contribution in [0.25, 0.3) is 0 Å². The quantitative estimate of drug-likeness (QED) is 0.873. The first-order valence-electron chi connectivity index (χ1n) is 8.12. The summed E-state index contributed by atoms with van der Waals surface area (Å²) in [5.41, 5.74) is -1.12. The van der Waals surface area contributed by atoms with Gasteiger partial charge in [0.1, 0.15) is 17.0 Å². The van der Waals surface area contributed by atoms with Crippen molar-refractivity contribution in [2.75, 3.05) is 13.2 Å². The molecule has 0 unspecified atom stereocenters. The Hall–Kier alpha value is -1.60. The number of alkyl carbamates (subject to hydrolysis) is 1. The van der Waals surface area contributed by atoms with Gasteiger partial charge in [0, 0.05) is 25.2 Å². The number of imidazole rings is 1. The van der Waals surface area contributed by atoms with Gasteiger partial charge in [0.15, 0.2) is 5.79 Å². The van der Waals surface area contributed by atoms with Gasteiger partial charge in [-0.1, -0.05) is 0 Å². The van der Waals surface area contributed by atoms with E-state index in [4.69, 9.17) is 14.2 Å². The zero-order valence-corrected chi connectivity index (χ0v) is 14.0. The lowest BCUT2D eigenvalue weighted by atomic mass is 9.78. The third-order valence-electron chi connectivity index (χ3n) is 4.37. The molecule has 3 rings (SSSR count). The van der Waals surface area contributed by atoms with Gasteiger partial charge in [0.05, 0.1) is 13.2 Å². The highest BCUT2D eigenvalue weighted by molar-refractivity contribution is 5.69. The second kappa shape index (κ2) is 5.79. The van der Waals surface area contributed by atoms with Crippen molar-refractivity contribution in [1.29, 1.82) is 0 Å². The Balaban J connectivity index is 1.76. The lowest BCUT2D eigenvalue weighted by molar-refractivity contribution is -0.187. The SMILES string of the molecule is CC(C)(C)OC(=O)NC1(c2ncc[nH]2)CCC2(CC1)OCCO2. The number of H-pyrrole nitrogens is 1. The van der Waals surface area contributed by atoms with E-state index in [1.54, 1.807) is 12.4 Å². The summed E-state index contributed by atoms with van der Waals surface area (Å²) in [7, 11) is 0. The normalized spacial score (nSPS) is 22.9. The molecule has 1 saturated carbocycles. The van der Waals surface area contributed by atoms with Crippen LogP contribution in [0.5, 0.6) is 0 Å². The van der Waals surface area contributed by atoms with Crippen molar-refractivity contribution in [1.82, 2.24) is 15.3 Å². The number of hydrogen-bond donors (Lipinski definition) is 2. The van der Waals surface area contributed by atoms with E-state index in [0.717, 1.165) is 5.82 Å². The third kappa shape index (κ3) is 3.50. The van der Waals surface area contributed by atoms with Gasteiger partial charge < -0.3 is 24.5 Å².